The fourth-order valence-electron chi connectivity index (χ4n) is 3.71. The number of aromatic nitrogens is 3. The van der Waals surface area contributed by atoms with Gasteiger partial charge >= 0.3 is 6.01 Å². The van der Waals surface area contributed by atoms with Gasteiger partial charge in [0.1, 0.15) is 0 Å². The van der Waals surface area contributed by atoms with Crippen LogP contribution in [0.4, 0.5) is 0 Å². The molecule has 0 saturated carbocycles. The first-order valence-electron chi connectivity index (χ1n) is 8.85. The first-order chi connectivity index (χ1) is 12.6. The van der Waals surface area contributed by atoms with Gasteiger partial charge in [-0.3, -0.25) is 4.79 Å². The zero-order chi connectivity index (χ0) is 18.1. The largest absolute Gasteiger partial charge is 0.463 e. The van der Waals surface area contributed by atoms with Crippen LogP contribution in [0, 0.1) is 25.7 Å². The highest BCUT2D eigenvalue weighted by Gasteiger charge is 2.45. The van der Waals surface area contributed by atoms with E-state index in [9.17, 15) is 4.79 Å². The van der Waals surface area contributed by atoms with E-state index in [1.807, 2.05) is 13.0 Å². The molecule has 3 atom stereocenters. The Hall–Kier alpha value is -2.48. The van der Waals surface area contributed by atoms with Gasteiger partial charge in [0.2, 0.25) is 5.76 Å². The highest BCUT2D eigenvalue weighted by atomic mass is 16.5. The molecule has 4 rings (SSSR count). The van der Waals surface area contributed by atoms with Crippen molar-refractivity contribution in [3.63, 3.8) is 0 Å². The zero-order valence-electron chi connectivity index (χ0n) is 14.9. The van der Waals surface area contributed by atoms with Crippen LogP contribution in [-0.2, 0) is 4.74 Å². The molecule has 0 radical (unpaired) electrons. The van der Waals surface area contributed by atoms with Gasteiger partial charge in [0, 0.05) is 30.9 Å². The molecule has 26 heavy (non-hydrogen) atoms. The maximum absolute atomic E-state index is 12.6. The molecule has 138 valence electrons. The Kier molecular flexibility index (Phi) is 4.58. The van der Waals surface area contributed by atoms with Crippen molar-refractivity contribution in [1.82, 2.24) is 19.9 Å². The van der Waals surface area contributed by atoms with Crippen LogP contribution >= 0.6 is 0 Å². The number of hydrogen-bond donors (Lipinski definition) is 0. The van der Waals surface area contributed by atoms with E-state index in [0.717, 1.165) is 12.1 Å². The van der Waals surface area contributed by atoms with Crippen LogP contribution in [0.1, 0.15) is 28.4 Å². The highest BCUT2D eigenvalue weighted by molar-refractivity contribution is 5.92. The average Bonchev–Trinajstić information content (AvgIpc) is 3.31. The SMILES string of the molecule is Cc1ccnc(OCC[C@H]2CO[C@H]3CN(C(=O)c4ocnc4C)C[C@@H]23)n1. The maximum Gasteiger partial charge on any atom is 0.316 e. The summed E-state index contributed by atoms with van der Waals surface area (Å²) in [6, 6.07) is 2.24. The summed E-state index contributed by atoms with van der Waals surface area (Å²) in [5, 5.41) is 0. The maximum atomic E-state index is 12.6. The summed E-state index contributed by atoms with van der Waals surface area (Å²) in [5.74, 6) is 0.894. The van der Waals surface area contributed by atoms with E-state index in [2.05, 4.69) is 15.0 Å². The standard InChI is InChI=1S/C18H22N4O4/c1-11-3-5-19-18(21-11)24-6-4-13-9-25-15-8-22(7-14(13)15)17(23)16-12(2)20-10-26-16/h3,5,10,13-15H,4,6-9H2,1-2H3/t13-,14-,15-/m0/s1. The minimum absolute atomic E-state index is 0.0856. The summed E-state index contributed by atoms with van der Waals surface area (Å²) in [5.41, 5.74) is 1.50. The normalized spacial score (nSPS) is 24.7. The first-order valence-corrected chi connectivity index (χ1v) is 8.85. The Labute approximate surface area is 151 Å². The molecule has 0 spiro atoms. The summed E-state index contributed by atoms with van der Waals surface area (Å²) in [6.45, 7) is 6.20. The van der Waals surface area contributed by atoms with Gasteiger partial charge in [-0.15, -0.1) is 0 Å². The third-order valence-corrected chi connectivity index (χ3v) is 5.16. The molecule has 2 aromatic heterocycles. The van der Waals surface area contributed by atoms with Crippen molar-refractivity contribution >= 4 is 5.91 Å². The van der Waals surface area contributed by atoms with Crippen LogP contribution in [0.25, 0.3) is 0 Å². The second kappa shape index (κ2) is 7.03. The van der Waals surface area contributed by atoms with Gasteiger partial charge in [-0.05, 0) is 32.3 Å². The number of likely N-dealkylation sites (tertiary alicyclic amines) is 1. The number of aryl methyl sites for hydroxylation is 2. The Balaban J connectivity index is 1.32. The van der Waals surface area contributed by atoms with Crippen molar-refractivity contribution in [3.8, 4) is 6.01 Å². The first kappa shape index (κ1) is 17.0. The number of carbonyl (C=O) groups excluding carboxylic acids is 1. The summed E-state index contributed by atoms with van der Waals surface area (Å²) in [4.78, 5) is 26.7. The molecule has 8 nitrogen and oxygen atoms in total. The highest BCUT2D eigenvalue weighted by Crippen LogP contribution is 2.36. The molecule has 0 bridgehead atoms. The van der Waals surface area contributed by atoms with Crippen molar-refractivity contribution in [2.24, 2.45) is 11.8 Å². The van der Waals surface area contributed by atoms with Crippen molar-refractivity contribution in [2.45, 2.75) is 26.4 Å². The van der Waals surface area contributed by atoms with Crippen molar-refractivity contribution < 1.29 is 18.7 Å². The van der Waals surface area contributed by atoms with Gasteiger partial charge in [-0.1, -0.05) is 0 Å². The zero-order valence-corrected chi connectivity index (χ0v) is 14.9. The molecule has 0 aromatic carbocycles. The summed E-state index contributed by atoms with van der Waals surface area (Å²) < 4.78 is 16.8. The van der Waals surface area contributed by atoms with Gasteiger partial charge in [-0.25, -0.2) is 15.0 Å². The number of oxazole rings is 1. The number of nitrogens with zero attached hydrogens (tertiary/aromatic N) is 4. The minimum Gasteiger partial charge on any atom is -0.463 e. The van der Waals surface area contributed by atoms with E-state index in [1.54, 1.807) is 18.0 Å². The summed E-state index contributed by atoms with van der Waals surface area (Å²) in [6.07, 6.45) is 3.94. The molecule has 0 aliphatic carbocycles. The molecule has 2 fully saturated rings. The van der Waals surface area contributed by atoms with Gasteiger partial charge < -0.3 is 18.8 Å². The lowest BCUT2D eigenvalue weighted by Gasteiger charge is -2.19. The second-order valence-corrected chi connectivity index (χ2v) is 6.89. The topological polar surface area (TPSA) is 90.6 Å². The Morgan fingerprint density at radius 2 is 2.23 bits per heavy atom. The second-order valence-electron chi connectivity index (χ2n) is 6.89. The van der Waals surface area contributed by atoms with Crippen LogP contribution in [-0.4, -0.2) is 58.2 Å². The van der Waals surface area contributed by atoms with Crippen molar-refractivity contribution in [1.29, 1.82) is 0 Å². The van der Waals surface area contributed by atoms with Crippen molar-refractivity contribution in [2.75, 3.05) is 26.3 Å². The van der Waals surface area contributed by atoms with Crippen LogP contribution in [0.15, 0.2) is 23.1 Å². The lowest BCUT2D eigenvalue weighted by molar-refractivity contribution is 0.0645. The molecule has 2 aliphatic rings. The van der Waals surface area contributed by atoms with E-state index in [4.69, 9.17) is 13.9 Å². The number of amides is 1. The van der Waals surface area contributed by atoms with Crippen LogP contribution < -0.4 is 4.74 Å². The average molecular weight is 358 g/mol. The van der Waals surface area contributed by atoms with Crippen LogP contribution in [0.3, 0.4) is 0 Å². The van der Waals surface area contributed by atoms with E-state index in [0.29, 0.717) is 55.6 Å². The Morgan fingerprint density at radius 1 is 1.35 bits per heavy atom. The van der Waals surface area contributed by atoms with Gasteiger partial charge in [0.25, 0.3) is 5.91 Å². The third kappa shape index (κ3) is 3.29. The fraction of sp³-hybridized carbons (Fsp3) is 0.556. The lowest BCUT2D eigenvalue weighted by atomic mass is 9.91. The molecular weight excluding hydrogens is 336 g/mol. The van der Waals surface area contributed by atoms with E-state index in [1.165, 1.54) is 6.39 Å². The van der Waals surface area contributed by atoms with E-state index < -0.39 is 0 Å². The molecule has 2 aliphatic heterocycles. The molecule has 1 amide bonds. The predicted molar refractivity (Wildman–Crippen MR) is 90.7 cm³/mol. The predicted octanol–water partition coefficient (Wildman–Crippen LogP) is 1.64. The quantitative estimate of drug-likeness (QED) is 0.802. The third-order valence-electron chi connectivity index (χ3n) is 5.16. The molecule has 0 unspecified atom stereocenters. The molecule has 8 heteroatoms. The summed E-state index contributed by atoms with van der Waals surface area (Å²) >= 11 is 0. The minimum atomic E-state index is -0.110. The Bertz CT molecular complexity index is 793. The monoisotopic (exact) mass is 358 g/mol. The van der Waals surface area contributed by atoms with Gasteiger partial charge in [0.05, 0.1) is 25.0 Å². The molecule has 4 heterocycles. The number of fused-ring (bicyclic) bond motifs is 1. The van der Waals surface area contributed by atoms with Gasteiger partial charge in [-0.2, -0.15) is 0 Å². The smallest absolute Gasteiger partial charge is 0.316 e. The van der Waals surface area contributed by atoms with Crippen molar-refractivity contribution in [3.05, 3.63) is 35.8 Å². The molecule has 2 aromatic rings. The molecule has 2 saturated heterocycles. The molecular formula is C18H22N4O4. The van der Waals surface area contributed by atoms with Crippen LogP contribution in [0.5, 0.6) is 6.01 Å². The lowest BCUT2D eigenvalue weighted by Crippen LogP contribution is -2.31. The fourth-order valence-corrected chi connectivity index (χ4v) is 3.71. The van der Waals surface area contributed by atoms with E-state index >= 15 is 0 Å². The molecule has 0 N–H and O–H groups in total. The van der Waals surface area contributed by atoms with E-state index in [-0.39, 0.29) is 12.0 Å². The van der Waals surface area contributed by atoms with Crippen LogP contribution in [0.2, 0.25) is 0 Å². The summed E-state index contributed by atoms with van der Waals surface area (Å²) in [7, 11) is 0. The number of ether oxygens (including phenoxy) is 2. The Morgan fingerprint density at radius 3 is 3.00 bits per heavy atom. The number of hydrogen-bond acceptors (Lipinski definition) is 7. The van der Waals surface area contributed by atoms with Gasteiger partial charge in [0.15, 0.2) is 6.39 Å². The number of carbonyl (C=O) groups is 1. The number of rotatable bonds is 5.